The number of aromatic nitrogens is 3. The van der Waals surface area contributed by atoms with E-state index in [4.69, 9.17) is 15.0 Å². The summed E-state index contributed by atoms with van der Waals surface area (Å²) in [4.78, 5) is 14.4. The van der Waals surface area contributed by atoms with Gasteiger partial charge in [-0.1, -0.05) is 57.2 Å². The van der Waals surface area contributed by atoms with E-state index in [1.54, 1.807) is 0 Å². The van der Waals surface area contributed by atoms with Crippen LogP contribution in [0.2, 0.25) is 0 Å². The highest BCUT2D eigenvalue weighted by Crippen LogP contribution is 2.30. The molecule has 0 saturated carbocycles. The summed E-state index contributed by atoms with van der Waals surface area (Å²) >= 11 is 0. The van der Waals surface area contributed by atoms with Crippen LogP contribution in [0.1, 0.15) is 43.2 Å². The summed E-state index contributed by atoms with van der Waals surface area (Å²) in [6, 6.07) is 16.8. The van der Waals surface area contributed by atoms with Gasteiger partial charge in [0.1, 0.15) is 0 Å². The zero-order valence-corrected chi connectivity index (χ0v) is 18.0. The van der Waals surface area contributed by atoms with Gasteiger partial charge in [-0.05, 0) is 55.0 Å². The topological polar surface area (TPSA) is 38.7 Å². The minimum Gasteiger partial charge on any atom is -0.256 e. The Balaban J connectivity index is 1.80. The Labute approximate surface area is 172 Å². The van der Waals surface area contributed by atoms with Crippen LogP contribution in [-0.4, -0.2) is 15.0 Å². The molecule has 0 atom stereocenters. The highest BCUT2D eigenvalue weighted by Gasteiger charge is 2.17. The minimum atomic E-state index is 0.0891. The third kappa shape index (κ3) is 3.65. The lowest BCUT2D eigenvalue weighted by atomic mass is 9.85. The molecule has 0 amide bonds. The summed E-state index contributed by atoms with van der Waals surface area (Å²) in [5, 5.41) is 1.11. The summed E-state index contributed by atoms with van der Waals surface area (Å²) < 4.78 is 0. The van der Waals surface area contributed by atoms with Gasteiger partial charge in [0, 0.05) is 28.4 Å². The Hall–Kier alpha value is -3.07. The van der Waals surface area contributed by atoms with Gasteiger partial charge < -0.3 is 0 Å². The van der Waals surface area contributed by atoms with Gasteiger partial charge in [0.15, 0.2) is 5.82 Å². The molecule has 0 fully saturated rings. The van der Waals surface area contributed by atoms with E-state index in [-0.39, 0.29) is 5.41 Å². The van der Waals surface area contributed by atoms with E-state index < -0.39 is 0 Å². The average Bonchev–Trinajstić information content (AvgIpc) is 2.68. The normalized spacial score (nSPS) is 11.8. The predicted octanol–water partition coefficient (Wildman–Crippen LogP) is 6.58. The zero-order chi connectivity index (χ0) is 20.8. The van der Waals surface area contributed by atoms with Crippen LogP contribution < -0.4 is 0 Å². The molecule has 29 heavy (non-hydrogen) atoms. The summed E-state index contributed by atoms with van der Waals surface area (Å²) in [6.45, 7) is 13.0. The number of nitrogens with zero attached hydrogens (tertiary/aromatic N) is 3. The SMILES string of the molecule is Cc1cc(-c2cccc(-c3nc(C)c4cccc(C)c4n3)c2)ncc1C(C)(C)C. The molecule has 2 aromatic carbocycles. The van der Waals surface area contributed by atoms with Crippen molar-refractivity contribution < 1.29 is 0 Å². The fourth-order valence-corrected chi connectivity index (χ4v) is 3.90. The maximum atomic E-state index is 4.87. The average molecular weight is 382 g/mol. The second-order valence-corrected chi connectivity index (χ2v) is 8.82. The van der Waals surface area contributed by atoms with Gasteiger partial charge in [0.2, 0.25) is 0 Å². The summed E-state index contributed by atoms with van der Waals surface area (Å²) in [6.07, 6.45) is 2.01. The lowest BCUT2D eigenvalue weighted by Gasteiger charge is -2.21. The van der Waals surface area contributed by atoms with Crippen molar-refractivity contribution in [2.75, 3.05) is 0 Å². The molecule has 2 heterocycles. The number of fused-ring (bicyclic) bond motifs is 1. The van der Waals surface area contributed by atoms with Crippen molar-refractivity contribution >= 4 is 10.9 Å². The summed E-state index contributed by atoms with van der Waals surface area (Å²) in [7, 11) is 0. The Morgan fingerprint density at radius 2 is 1.48 bits per heavy atom. The third-order valence-corrected chi connectivity index (χ3v) is 5.45. The summed E-state index contributed by atoms with van der Waals surface area (Å²) in [5.41, 5.74) is 8.89. The van der Waals surface area contributed by atoms with Crippen molar-refractivity contribution in [3.63, 3.8) is 0 Å². The number of hydrogen-bond donors (Lipinski definition) is 0. The number of rotatable bonds is 2. The van der Waals surface area contributed by atoms with Crippen LogP contribution >= 0.6 is 0 Å². The zero-order valence-electron chi connectivity index (χ0n) is 18.0. The fourth-order valence-electron chi connectivity index (χ4n) is 3.90. The van der Waals surface area contributed by atoms with E-state index >= 15 is 0 Å². The first kappa shape index (κ1) is 19.3. The first-order chi connectivity index (χ1) is 13.7. The monoisotopic (exact) mass is 381 g/mol. The molecule has 0 unspecified atom stereocenters. The van der Waals surface area contributed by atoms with Crippen molar-refractivity contribution in [1.82, 2.24) is 15.0 Å². The molecule has 0 N–H and O–H groups in total. The van der Waals surface area contributed by atoms with Crippen molar-refractivity contribution in [3.05, 3.63) is 77.1 Å². The molecule has 146 valence electrons. The standard InChI is InChI=1S/C26H27N3/c1-16-9-7-12-21-18(3)28-25(29-24(16)21)20-11-8-10-19(14-20)23-13-17(2)22(15-27-23)26(4,5)6/h7-15H,1-6H3. The molecule has 0 aliphatic carbocycles. The Bertz CT molecular complexity index is 1220. The molecule has 0 saturated heterocycles. The predicted molar refractivity (Wildman–Crippen MR) is 121 cm³/mol. The molecule has 0 spiro atoms. The molecule has 0 aliphatic rings. The van der Waals surface area contributed by atoms with E-state index in [1.807, 2.05) is 13.1 Å². The Morgan fingerprint density at radius 1 is 0.759 bits per heavy atom. The molecular weight excluding hydrogens is 354 g/mol. The van der Waals surface area contributed by atoms with Gasteiger partial charge in [-0.15, -0.1) is 0 Å². The van der Waals surface area contributed by atoms with Crippen molar-refractivity contribution in [2.24, 2.45) is 0 Å². The van der Waals surface area contributed by atoms with Crippen LogP contribution in [0.3, 0.4) is 0 Å². The number of aryl methyl sites for hydroxylation is 3. The smallest absolute Gasteiger partial charge is 0.160 e. The number of pyridine rings is 1. The van der Waals surface area contributed by atoms with E-state index in [2.05, 4.69) is 83.1 Å². The third-order valence-electron chi connectivity index (χ3n) is 5.45. The highest BCUT2D eigenvalue weighted by molar-refractivity contribution is 5.85. The van der Waals surface area contributed by atoms with Gasteiger partial charge in [0.25, 0.3) is 0 Å². The van der Waals surface area contributed by atoms with Crippen molar-refractivity contribution in [1.29, 1.82) is 0 Å². The first-order valence-corrected chi connectivity index (χ1v) is 10.1. The quantitative estimate of drug-likeness (QED) is 0.393. The van der Waals surface area contributed by atoms with Gasteiger partial charge in [-0.3, -0.25) is 4.98 Å². The molecule has 0 bridgehead atoms. The number of para-hydroxylation sites is 1. The van der Waals surface area contributed by atoms with Crippen LogP contribution in [0.25, 0.3) is 33.5 Å². The maximum Gasteiger partial charge on any atom is 0.160 e. The molecule has 2 aromatic heterocycles. The van der Waals surface area contributed by atoms with Gasteiger partial charge >= 0.3 is 0 Å². The highest BCUT2D eigenvalue weighted by atomic mass is 14.9. The Morgan fingerprint density at radius 3 is 2.21 bits per heavy atom. The first-order valence-electron chi connectivity index (χ1n) is 10.1. The largest absolute Gasteiger partial charge is 0.256 e. The molecule has 4 aromatic rings. The van der Waals surface area contributed by atoms with Gasteiger partial charge in [-0.25, -0.2) is 9.97 Å². The van der Waals surface area contributed by atoms with E-state index in [0.717, 1.165) is 39.2 Å². The second-order valence-electron chi connectivity index (χ2n) is 8.82. The minimum absolute atomic E-state index is 0.0891. The second kappa shape index (κ2) is 7.07. The van der Waals surface area contributed by atoms with Crippen LogP contribution in [0.5, 0.6) is 0 Å². The summed E-state index contributed by atoms with van der Waals surface area (Å²) in [5.74, 6) is 0.759. The van der Waals surface area contributed by atoms with Crippen LogP contribution in [0.4, 0.5) is 0 Å². The number of benzene rings is 2. The lowest BCUT2D eigenvalue weighted by molar-refractivity contribution is 0.583. The van der Waals surface area contributed by atoms with Crippen LogP contribution in [0.15, 0.2) is 54.7 Å². The van der Waals surface area contributed by atoms with E-state index in [0.29, 0.717) is 0 Å². The number of hydrogen-bond acceptors (Lipinski definition) is 3. The van der Waals surface area contributed by atoms with Crippen LogP contribution in [0, 0.1) is 20.8 Å². The van der Waals surface area contributed by atoms with Gasteiger partial charge in [-0.2, -0.15) is 0 Å². The molecule has 3 nitrogen and oxygen atoms in total. The molecule has 0 radical (unpaired) electrons. The Kier molecular flexibility index (Phi) is 4.70. The van der Waals surface area contributed by atoms with Crippen LogP contribution in [-0.2, 0) is 5.41 Å². The van der Waals surface area contributed by atoms with Gasteiger partial charge in [0.05, 0.1) is 11.2 Å². The molecular formula is C26H27N3. The van der Waals surface area contributed by atoms with E-state index in [9.17, 15) is 0 Å². The lowest BCUT2D eigenvalue weighted by Crippen LogP contribution is -2.13. The molecule has 3 heteroatoms. The molecule has 0 aliphatic heterocycles. The van der Waals surface area contributed by atoms with Crippen molar-refractivity contribution in [3.8, 4) is 22.6 Å². The fraction of sp³-hybridized carbons (Fsp3) is 0.269. The molecule has 4 rings (SSSR count). The maximum absolute atomic E-state index is 4.87. The van der Waals surface area contributed by atoms with E-state index in [1.165, 1.54) is 16.7 Å². The van der Waals surface area contributed by atoms with Crippen molar-refractivity contribution in [2.45, 2.75) is 47.0 Å².